The van der Waals surface area contributed by atoms with E-state index in [-0.39, 0.29) is 17.7 Å². The molecule has 0 aliphatic heterocycles. The van der Waals surface area contributed by atoms with Gasteiger partial charge in [-0.1, -0.05) is 47.0 Å². The lowest BCUT2D eigenvalue weighted by molar-refractivity contribution is -0.123. The molecule has 0 N–H and O–H groups in total. The Balaban J connectivity index is 3.88. The number of rotatable bonds is 18. The minimum atomic E-state index is -0.240. The fourth-order valence-electron chi connectivity index (χ4n) is 2.87. The van der Waals surface area contributed by atoms with Crippen molar-refractivity contribution in [2.45, 2.75) is 104 Å². The Morgan fingerprint density at radius 3 is 1.96 bits per heavy atom. The number of hydrogen-bond acceptors (Lipinski definition) is 4. The Kier molecular flexibility index (Phi) is 15.5. The molecule has 1 unspecified atom stereocenters. The fraction of sp³-hybridized carbons (Fsp3) is 0.864. The van der Waals surface area contributed by atoms with Gasteiger partial charge in [-0.2, -0.15) is 0 Å². The number of carbonyl (C=O) groups is 3. The summed E-state index contributed by atoms with van der Waals surface area (Å²) in [6.45, 7) is 9.05. The largest absolute Gasteiger partial charge is 0.377 e. The second-order valence-electron chi connectivity index (χ2n) is 8.19. The van der Waals surface area contributed by atoms with Crippen molar-refractivity contribution < 1.29 is 19.1 Å². The van der Waals surface area contributed by atoms with Crippen LogP contribution in [-0.2, 0) is 19.1 Å². The zero-order valence-electron chi connectivity index (χ0n) is 17.4. The van der Waals surface area contributed by atoms with Crippen LogP contribution in [0.2, 0.25) is 0 Å². The summed E-state index contributed by atoms with van der Waals surface area (Å²) < 4.78 is 5.69. The lowest BCUT2D eigenvalue weighted by atomic mass is 10.0. The van der Waals surface area contributed by atoms with E-state index in [0.717, 1.165) is 38.4 Å². The third-order valence-electron chi connectivity index (χ3n) is 4.56. The first-order valence-electron chi connectivity index (χ1n) is 10.4. The molecule has 4 heteroatoms. The van der Waals surface area contributed by atoms with Gasteiger partial charge in [-0.05, 0) is 31.1 Å². The van der Waals surface area contributed by atoms with Gasteiger partial charge in [0.25, 0.3) is 0 Å². The van der Waals surface area contributed by atoms with E-state index in [4.69, 9.17) is 4.74 Å². The summed E-state index contributed by atoms with van der Waals surface area (Å²) in [5.41, 5.74) is 0. The lowest BCUT2D eigenvalue weighted by Gasteiger charge is -2.15. The topological polar surface area (TPSA) is 60.4 Å². The van der Waals surface area contributed by atoms with Crippen LogP contribution in [0, 0.1) is 11.8 Å². The maximum Gasteiger partial charge on any atom is 0.135 e. The van der Waals surface area contributed by atoms with Crippen molar-refractivity contribution >= 4 is 17.9 Å². The van der Waals surface area contributed by atoms with Gasteiger partial charge >= 0.3 is 0 Å². The smallest absolute Gasteiger partial charge is 0.135 e. The van der Waals surface area contributed by atoms with Crippen molar-refractivity contribution in [2.75, 3.05) is 6.61 Å². The molecule has 0 saturated heterocycles. The van der Waals surface area contributed by atoms with Crippen LogP contribution in [0.4, 0.5) is 0 Å². The number of aldehydes is 1. The Morgan fingerprint density at radius 1 is 0.769 bits per heavy atom. The monoisotopic (exact) mass is 368 g/mol. The highest BCUT2D eigenvalue weighted by atomic mass is 16.5. The molecule has 0 bridgehead atoms. The predicted octanol–water partition coefficient (Wildman–Crippen LogP) is 5.31. The van der Waals surface area contributed by atoms with Crippen molar-refractivity contribution in [3.05, 3.63) is 0 Å². The van der Waals surface area contributed by atoms with Crippen LogP contribution in [-0.4, -0.2) is 30.6 Å². The van der Waals surface area contributed by atoms with Gasteiger partial charge in [-0.15, -0.1) is 0 Å². The third-order valence-corrected chi connectivity index (χ3v) is 4.56. The molecule has 0 radical (unpaired) electrons. The highest BCUT2D eigenvalue weighted by Crippen LogP contribution is 2.13. The van der Waals surface area contributed by atoms with Gasteiger partial charge in [-0.3, -0.25) is 9.59 Å². The number of unbranched alkanes of at least 4 members (excludes halogenated alkanes) is 1. The Bertz CT molecular complexity index is 388. The summed E-state index contributed by atoms with van der Waals surface area (Å²) in [4.78, 5) is 34.6. The van der Waals surface area contributed by atoms with Gasteiger partial charge in [0.05, 0.1) is 12.7 Å². The van der Waals surface area contributed by atoms with Crippen LogP contribution >= 0.6 is 0 Å². The molecule has 0 rings (SSSR count). The van der Waals surface area contributed by atoms with E-state index in [2.05, 4.69) is 27.7 Å². The van der Waals surface area contributed by atoms with Crippen LogP contribution in [0.1, 0.15) is 98.3 Å². The Labute approximate surface area is 160 Å². The molecule has 0 heterocycles. The second-order valence-corrected chi connectivity index (χ2v) is 8.19. The summed E-state index contributed by atoms with van der Waals surface area (Å²) in [6.07, 6.45) is 8.75. The molecule has 0 aromatic carbocycles. The van der Waals surface area contributed by atoms with Crippen LogP contribution in [0.3, 0.4) is 0 Å². The average Bonchev–Trinajstić information content (AvgIpc) is 2.56. The van der Waals surface area contributed by atoms with Crippen molar-refractivity contribution in [3.63, 3.8) is 0 Å². The number of Topliss-reactive ketones (excluding diaryl/α,β-unsaturated/α-hetero) is 2. The van der Waals surface area contributed by atoms with Crippen molar-refractivity contribution in [3.8, 4) is 0 Å². The molecule has 0 aliphatic rings. The first kappa shape index (κ1) is 25.0. The zero-order valence-corrected chi connectivity index (χ0v) is 17.4. The highest BCUT2D eigenvalue weighted by molar-refractivity contribution is 5.78. The van der Waals surface area contributed by atoms with Gasteiger partial charge in [-0.25, -0.2) is 0 Å². The molecule has 0 fully saturated rings. The van der Waals surface area contributed by atoms with Crippen LogP contribution < -0.4 is 0 Å². The quantitative estimate of drug-likeness (QED) is 0.243. The number of ketones is 2. The fourth-order valence-corrected chi connectivity index (χ4v) is 2.87. The van der Waals surface area contributed by atoms with Gasteiger partial charge < -0.3 is 9.53 Å². The second kappa shape index (κ2) is 16.2. The normalized spacial score (nSPS) is 12.5. The summed E-state index contributed by atoms with van der Waals surface area (Å²) in [6, 6.07) is 0. The van der Waals surface area contributed by atoms with E-state index in [1.807, 2.05) is 0 Å². The van der Waals surface area contributed by atoms with E-state index >= 15 is 0 Å². The summed E-state index contributed by atoms with van der Waals surface area (Å²) in [5.74, 6) is 1.78. The molecule has 1 atom stereocenters. The van der Waals surface area contributed by atoms with E-state index in [1.54, 1.807) is 0 Å². The number of ether oxygens (including phenoxy) is 1. The Hall–Kier alpha value is -1.03. The predicted molar refractivity (Wildman–Crippen MR) is 106 cm³/mol. The molecular formula is C22H40O4. The summed E-state index contributed by atoms with van der Waals surface area (Å²) >= 11 is 0. The van der Waals surface area contributed by atoms with Crippen LogP contribution in [0.15, 0.2) is 0 Å². The highest BCUT2D eigenvalue weighted by Gasteiger charge is 2.13. The van der Waals surface area contributed by atoms with Gasteiger partial charge in [0.2, 0.25) is 0 Å². The van der Waals surface area contributed by atoms with Crippen molar-refractivity contribution in [1.29, 1.82) is 0 Å². The van der Waals surface area contributed by atoms with E-state index in [0.29, 0.717) is 57.0 Å². The molecule has 152 valence electrons. The SMILES string of the molecule is CC(C)CCCCC(=O)CCOC(CC=O)CCC(=O)CCCC(C)C. The first-order chi connectivity index (χ1) is 12.3. The molecule has 26 heavy (non-hydrogen) atoms. The van der Waals surface area contributed by atoms with Gasteiger partial charge in [0.1, 0.15) is 17.9 Å². The molecule has 0 aromatic rings. The van der Waals surface area contributed by atoms with E-state index in [9.17, 15) is 14.4 Å². The van der Waals surface area contributed by atoms with Crippen molar-refractivity contribution in [1.82, 2.24) is 0 Å². The molecule has 0 aliphatic carbocycles. The van der Waals surface area contributed by atoms with E-state index < -0.39 is 0 Å². The minimum absolute atomic E-state index is 0.225. The maximum absolute atomic E-state index is 11.9. The van der Waals surface area contributed by atoms with Crippen molar-refractivity contribution in [2.24, 2.45) is 11.8 Å². The maximum atomic E-state index is 11.9. The summed E-state index contributed by atoms with van der Waals surface area (Å²) in [5, 5.41) is 0. The minimum Gasteiger partial charge on any atom is -0.377 e. The van der Waals surface area contributed by atoms with Gasteiger partial charge in [0.15, 0.2) is 0 Å². The number of hydrogen-bond donors (Lipinski definition) is 0. The lowest BCUT2D eigenvalue weighted by Crippen LogP contribution is -2.18. The van der Waals surface area contributed by atoms with Gasteiger partial charge in [0, 0.05) is 32.1 Å². The first-order valence-corrected chi connectivity index (χ1v) is 10.4. The number of carbonyl (C=O) groups excluding carboxylic acids is 3. The zero-order chi connectivity index (χ0) is 19.8. The molecule has 0 aromatic heterocycles. The molecule has 4 nitrogen and oxygen atoms in total. The average molecular weight is 369 g/mol. The molecule has 0 saturated carbocycles. The van der Waals surface area contributed by atoms with Crippen LogP contribution in [0.25, 0.3) is 0 Å². The standard InChI is InChI=1S/C22H40O4/c1-18(2)8-5-6-10-21(25)15-17-26-22(14-16-23)13-12-20(24)11-7-9-19(3)4/h16,18-19,22H,5-15,17H2,1-4H3. The summed E-state index contributed by atoms with van der Waals surface area (Å²) in [7, 11) is 0. The van der Waals surface area contributed by atoms with E-state index in [1.165, 1.54) is 0 Å². The molecule has 0 spiro atoms. The molecular weight excluding hydrogens is 328 g/mol. The molecule has 0 amide bonds. The van der Waals surface area contributed by atoms with Crippen LogP contribution in [0.5, 0.6) is 0 Å². The third kappa shape index (κ3) is 16.4. The Morgan fingerprint density at radius 2 is 1.35 bits per heavy atom.